The monoisotopic (exact) mass is 409 g/mol. The molecule has 1 aliphatic heterocycles. The van der Waals surface area contributed by atoms with Gasteiger partial charge in [0.25, 0.3) is 0 Å². The SMILES string of the molecule is CCNC(=O)[C@@H]1CCCN(C(=O)Nc2ccc(NC(=O)Nc3ccccc3)cc2)C1. The number of likely N-dealkylation sites (tertiary alicyclic amines) is 1. The summed E-state index contributed by atoms with van der Waals surface area (Å²) in [7, 11) is 0. The van der Waals surface area contributed by atoms with Crippen molar-refractivity contribution in [3.63, 3.8) is 0 Å². The van der Waals surface area contributed by atoms with Gasteiger partial charge in [-0.15, -0.1) is 0 Å². The quantitative estimate of drug-likeness (QED) is 0.605. The normalized spacial score (nSPS) is 15.8. The molecule has 158 valence electrons. The lowest BCUT2D eigenvalue weighted by atomic mass is 9.97. The Morgan fingerprint density at radius 3 is 2.13 bits per heavy atom. The molecule has 1 aliphatic rings. The van der Waals surface area contributed by atoms with Crippen LogP contribution in [0.5, 0.6) is 0 Å². The summed E-state index contributed by atoms with van der Waals surface area (Å²) in [6, 6.07) is 15.5. The molecule has 3 rings (SSSR count). The number of hydrogen-bond donors (Lipinski definition) is 4. The van der Waals surface area contributed by atoms with Crippen LogP contribution in [0.15, 0.2) is 54.6 Å². The van der Waals surface area contributed by atoms with Crippen LogP contribution in [0.25, 0.3) is 0 Å². The zero-order valence-corrected chi connectivity index (χ0v) is 17.0. The minimum atomic E-state index is -0.345. The Bertz CT molecular complexity index is 870. The Morgan fingerprint density at radius 1 is 0.900 bits per heavy atom. The number of urea groups is 2. The lowest BCUT2D eigenvalue weighted by molar-refractivity contribution is -0.126. The topological polar surface area (TPSA) is 103 Å². The summed E-state index contributed by atoms with van der Waals surface area (Å²) in [4.78, 5) is 38.3. The largest absolute Gasteiger partial charge is 0.356 e. The highest BCUT2D eigenvalue weighted by molar-refractivity contribution is 6.00. The van der Waals surface area contributed by atoms with E-state index in [9.17, 15) is 14.4 Å². The summed E-state index contributed by atoms with van der Waals surface area (Å²) in [5.41, 5.74) is 1.93. The molecule has 5 amide bonds. The molecule has 1 heterocycles. The van der Waals surface area contributed by atoms with E-state index in [2.05, 4.69) is 21.3 Å². The van der Waals surface area contributed by atoms with Gasteiger partial charge in [-0.3, -0.25) is 4.79 Å². The van der Waals surface area contributed by atoms with Gasteiger partial charge in [0.2, 0.25) is 5.91 Å². The molecule has 0 saturated carbocycles. The first-order valence-corrected chi connectivity index (χ1v) is 10.1. The highest BCUT2D eigenvalue weighted by atomic mass is 16.2. The number of nitrogens with one attached hydrogen (secondary N) is 4. The minimum Gasteiger partial charge on any atom is -0.356 e. The molecule has 0 unspecified atom stereocenters. The molecule has 0 radical (unpaired) electrons. The predicted octanol–water partition coefficient (Wildman–Crippen LogP) is 3.71. The van der Waals surface area contributed by atoms with Gasteiger partial charge in [-0.1, -0.05) is 18.2 Å². The molecule has 0 bridgehead atoms. The van der Waals surface area contributed by atoms with Crippen LogP contribution in [0, 0.1) is 5.92 Å². The van der Waals surface area contributed by atoms with Gasteiger partial charge in [0, 0.05) is 36.7 Å². The third-order valence-corrected chi connectivity index (χ3v) is 4.86. The van der Waals surface area contributed by atoms with E-state index in [1.54, 1.807) is 41.3 Å². The van der Waals surface area contributed by atoms with Crippen LogP contribution in [0.4, 0.5) is 26.7 Å². The Morgan fingerprint density at radius 2 is 1.50 bits per heavy atom. The number of benzene rings is 2. The smallest absolute Gasteiger partial charge is 0.323 e. The maximum atomic E-state index is 12.6. The van der Waals surface area contributed by atoms with Crippen molar-refractivity contribution in [2.45, 2.75) is 19.8 Å². The van der Waals surface area contributed by atoms with Crippen molar-refractivity contribution in [3.05, 3.63) is 54.6 Å². The molecular weight excluding hydrogens is 382 g/mol. The summed E-state index contributed by atoms with van der Waals surface area (Å²) in [6.07, 6.45) is 1.59. The Balaban J connectivity index is 1.50. The van der Waals surface area contributed by atoms with Crippen LogP contribution < -0.4 is 21.3 Å². The van der Waals surface area contributed by atoms with Crippen LogP contribution in [-0.2, 0) is 4.79 Å². The lowest BCUT2D eigenvalue weighted by Gasteiger charge is -2.32. The Hall–Kier alpha value is -3.55. The van der Waals surface area contributed by atoms with Gasteiger partial charge in [0.1, 0.15) is 0 Å². The first kappa shape index (κ1) is 21.2. The fraction of sp³-hybridized carbons (Fsp3) is 0.318. The van der Waals surface area contributed by atoms with Crippen molar-refractivity contribution < 1.29 is 14.4 Å². The zero-order chi connectivity index (χ0) is 21.3. The molecule has 8 heteroatoms. The first-order chi connectivity index (χ1) is 14.5. The maximum Gasteiger partial charge on any atom is 0.323 e. The van der Waals surface area contributed by atoms with Gasteiger partial charge in [-0.2, -0.15) is 0 Å². The number of hydrogen-bond acceptors (Lipinski definition) is 3. The number of para-hydroxylation sites is 1. The van der Waals surface area contributed by atoms with E-state index in [1.165, 1.54) is 0 Å². The molecule has 1 fully saturated rings. The van der Waals surface area contributed by atoms with E-state index in [1.807, 2.05) is 25.1 Å². The Labute approximate surface area is 176 Å². The molecule has 1 saturated heterocycles. The van der Waals surface area contributed by atoms with Crippen LogP contribution in [0.1, 0.15) is 19.8 Å². The van der Waals surface area contributed by atoms with E-state index in [0.717, 1.165) is 12.8 Å². The number of anilines is 3. The number of carbonyl (C=O) groups excluding carboxylic acids is 3. The second kappa shape index (κ2) is 10.3. The molecule has 0 spiro atoms. The second-order valence-electron chi connectivity index (χ2n) is 7.13. The van der Waals surface area contributed by atoms with Crippen molar-refractivity contribution in [2.24, 2.45) is 5.92 Å². The van der Waals surface area contributed by atoms with E-state index < -0.39 is 0 Å². The van der Waals surface area contributed by atoms with Gasteiger partial charge in [0.15, 0.2) is 0 Å². The fourth-order valence-corrected chi connectivity index (χ4v) is 3.35. The van der Waals surface area contributed by atoms with Gasteiger partial charge in [0.05, 0.1) is 5.92 Å². The zero-order valence-electron chi connectivity index (χ0n) is 17.0. The van der Waals surface area contributed by atoms with Gasteiger partial charge < -0.3 is 26.2 Å². The van der Waals surface area contributed by atoms with Crippen LogP contribution in [-0.4, -0.2) is 42.5 Å². The first-order valence-electron chi connectivity index (χ1n) is 10.1. The fourth-order valence-electron chi connectivity index (χ4n) is 3.35. The van der Waals surface area contributed by atoms with Gasteiger partial charge >= 0.3 is 12.1 Å². The number of amides is 5. The third-order valence-electron chi connectivity index (χ3n) is 4.86. The number of carbonyl (C=O) groups is 3. The molecule has 8 nitrogen and oxygen atoms in total. The summed E-state index contributed by atoms with van der Waals surface area (Å²) in [5, 5.41) is 11.2. The summed E-state index contributed by atoms with van der Waals surface area (Å²) in [6.45, 7) is 3.51. The summed E-state index contributed by atoms with van der Waals surface area (Å²) in [5.74, 6) is -0.168. The maximum absolute atomic E-state index is 12.6. The van der Waals surface area contributed by atoms with Crippen LogP contribution >= 0.6 is 0 Å². The highest BCUT2D eigenvalue weighted by Gasteiger charge is 2.28. The summed E-state index contributed by atoms with van der Waals surface area (Å²) >= 11 is 0. The lowest BCUT2D eigenvalue weighted by Crippen LogP contribution is -2.46. The number of rotatable bonds is 5. The molecule has 0 aromatic heterocycles. The van der Waals surface area contributed by atoms with Crippen LogP contribution in [0.3, 0.4) is 0 Å². The number of nitrogens with zero attached hydrogens (tertiary/aromatic N) is 1. The predicted molar refractivity (Wildman–Crippen MR) is 118 cm³/mol. The highest BCUT2D eigenvalue weighted by Crippen LogP contribution is 2.19. The second-order valence-corrected chi connectivity index (χ2v) is 7.13. The summed E-state index contributed by atoms with van der Waals surface area (Å²) < 4.78 is 0. The molecule has 2 aromatic carbocycles. The average molecular weight is 409 g/mol. The molecule has 4 N–H and O–H groups in total. The molecule has 30 heavy (non-hydrogen) atoms. The van der Waals surface area contributed by atoms with Crippen molar-refractivity contribution in [1.82, 2.24) is 10.2 Å². The number of piperidine rings is 1. The average Bonchev–Trinajstić information content (AvgIpc) is 2.76. The van der Waals surface area contributed by atoms with Crippen LogP contribution in [0.2, 0.25) is 0 Å². The molecule has 2 aromatic rings. The van der Waals surface area contributed by atoms with E-state index in [4.69, 9.17) is 0 Å². The van der Waals surface area contributed by atoms with Gasteiger partial charge in [-0.25, -0.2) is 9.59 Å². The van der Waals surface area contributed by atoms with E-state index in [-0.39, 0.29) is 23.9 Å². The van der Waals surface area contributed by atoms with Crippen molar-refractivity contribution in [1.29, 1.82) is 0 Å². The molecular formula is C22H27N5O3. The van der Waals surface area contributed by atoms with E-state index in [0.29, 0.717) is 36.7 Å². The van der Waals surface area contributed by atoms with E-state index >= 15 is 0 Å². The minimum absolute atomic E-state index is 0.000735. The third kappa shape index (κ3) is 5.97. The van der Waals surface area contributed by atoms with Crippen molar-refractivity contribution in [2.75, 3.05) is 35.6 Å². The Kier molecular flexibility index (Phi) is 7.26. The van der Waals surface area contributed by atoms with Crippen molar-refractivity contribution >= 4 is 35.0 Å². The van der Waals surface area contributed by atoms with Gasteiger partial charge in [-0.05, 0) is 56.2 Å². The molecule has 0 aliphatic carbocycles. The standard InChI is InChI=1S/C22H27N5O3/c1-2-23-20(28)16-7-6-14-27(15-16)22(30)26-19-12-10-18(11-13-19)25-21(29)24-17-8-4-3-5-9-17/h3-5,8-13,16H,2,6-7,14-15H2,1H3,(H,23,28)(H,26,30)(H2,24,25,29)/t16-/m1/s1. The van der Waals surface area contributed by atoms with Crippen molar-refractivity contribution in [3.8, 4) is 0 Å². The molecule has 1 atom stereocenters.